The van der Waals surface area contributed by atoms with Gasteiger partial charge < -0.3 is 5.73 Å². The molecule has 0 aliphatic carbocycles. The molecule has 0 aromatic carbocycles. The number of nitrogens with one attached hydrogen (secondary N) is 2. The Morgan fingerprint density at radius 1 is 1.06 bits per heavy atom. The number of nitrogens with two attached hydrogens (primary N) is 1. The van der Waals surface area contributed by atoms with Gasteiger partial charge in [-0.25, -0.2) is 5.43 Å². The van der Waals surface area contributed by atoms with Gasteiger partial charge in [-0.2, -0.15) is 13.2 Å². The second-order valence-corrected chi connectivity index (χ2v) is 3.44. The lowest BCUT2D eigenvalue weighted by atomic mass is 10.1. The van der Waals surface area contributed by atoms with Crippen molar-refractivity contribution in [2.24, 2.45) is 5.73 Å². The van der Waals surface area contributed by atoms with Crippen LogP contribution in [0, 0.1) is 0 Å². The highest BCUT2D eigenvalue weighted by atomic mass is 19.4. The Bertz CT molecular complexity index is 197. The van der Waals surface area contributed by atoms with Crippen LogP contribution in [0.2, 0.25) is 0 Å². The SMILES string of the molecule is NCCCCCCCNNC(=O)C(F)(F)F. The first-order valence-electron chi connectivity index (χ1n) is 5.28. The van der Waals surface area contributed by atoms with Gasteiger partial charge in [0.2, 0.25) is 0 Å². The fraction of sp³-hybridized carbons (Fsp3) is 0.889. The average Bonchev–Trinajstić information content (AvgIpc) is 2.20. The van der Waals surface area contributed by atoms with Crippen molar-refractivity contribution in [2.45, 2.75) is 38.3 Å². The third-order valence-electron chi connectivity index (χ3n) is 1.97. The van der Waals surface area contributed by atoms with E-state index < -0.39 is 12.1 Å². The van der Waals surface area contributed by atoms with Crippen LogP contribution < -0.4 is 16.6 Å². The predicted octanol–water partition coefficient (Wildman–Crippen LogP) is 1.08. The number of carbonyl (C=O) groups is 1. The van der Waals surface area contributed by atoms with E-state index in [1.54, 1.807) is 5.43 Å². The molecule has 7 heteroatoms. The average molecular weight is 241 g/mol. The van der Waals surface area contributed by atoms with E-state index in [0.29, 0.717) is 13.1 Å². The van der Waals surface area contributed by atoms with Crippen LogP contribution in [0.1, 0.15) is 32.1 Å². The lowest BCUT2D eigenvalue weighted by molar-refractivity contribution is -0.174. The quantitative estimate of drug-likeness (QED) is 0.440. The summed E-state index contributed by atoms with van der Waals surface area (Å²) in [5.74, 6) is -1.96. The van der Waals surface area contributed by atoms with Gasteiger partial charge >= 0.3 is 12.1 Å². The molecule has 96 valence electrons. The summed E-state index contributed by atoms with van der Waals surface area (Å²) in [4.78, 5) is 10.3. The van der Waals surface area contributed by atoms with Gasteiger partial charge in [-0.3, -0.25) is 10.2 Å². The molecule has 0 bridgehead atoms. The maximum atomic E-state index is 11.7. The summed E-state index contributed by atoms with van der Waals surface area (Å²) in [6, 6.07) is 0. The van der Waals surface area contributed by atoms with E-state index in [0.717, 1.165) is 32.1 Å². The number of rotatable bonds is 8. The molecule has 4 N–H and O–H groups in total. The van der Waals surface area contributed by atoms with Gasteiger partial charge in [0.1, 0.15) is 0 Å². The molecule has 0 aliphatic heterocycles. The third-order valence-corrected chi connectivity index (χ3v) is 1.97. The number of hydrogen-bond donors (Lipinski definition) is 3. The summed E-state index contributed by atoms with van der Waals surface area (Å²) >= 11 is 0. The Morgan fingerprint density at radius 3 is 2.19 bits per heavy atom. The number of halogens is 3. The zero-order valence-electron chi connectivity index (χ0n) is 9.07. The Morgan fingerprint density at radius 2 is 1.62 bits per heavy atom. The molecule has 0 fully saturated rings. The summed E-state index contributed by atoms with van der Waals surface area (Å²) in [5.41, 5.74) is 9.13. The Kier molecular flexibility index (Phi) is 7.92. The molecule has 0 aliphatic rings. The molecule has 0 unspecified atom stereocenters. The summed E-state index contributed by atoms with van der Waals surface area (Å²) in [6.45, 7) is 1.00. The zero-order valence-corrected chi connectivity index (χ0v) is 9.07. The maximum Gasteiger partial charge on any atom is 0.472 e. The van der Waals surface area contributed by atoms with E-state index in [-0.39, 0.29) is 0 Å². The molecular formula is C9H18F3N3O. The van der Waals surface area contributed by atoms with Crippen LogP contribution >= 0.6 is 0 Å². The molecule has 0 aromatic heterocycles. The molecule has 0 saturated carbocycles. The molecule has 0 rings (SSSR count). The van der Waals surface area contributed by atoms with Gasteiger partial charge in [0.15, 0.2) is 0 Å². The fourth-order valence-corrected chi connectivity index (χ4v) is 1.10. The molecule has 0 aromatic rings. The zero-order chi connectivity index (χ0) is 12.4. The number of hydrazine groups is 1. The standard InChI is InChI=1S/C9H18F3N3O/c10-9(11,12)8(16)15-14-7-5-3-1-2-4-6-13/h14H,1-7,13H2,(H,15,16). The highest BCUT2D eigenvalue weighted by Gasteiger charge is 2.38. The van der Waals surface area contributed by atoms with Crippen molar-refractivity contribution in [3.8, 4) is 0 Å². The molecule has 1 amide bonds. The van der Waals surface area contributed by atoms with E-state index in [1.165, 1.54) is 0 Å². The number of alkyl halides is 3. The van der Waals surface area contributed by atoms with Crippen molar-refractivity contribution in [2.75, 3.05) is 13.1 Å². The highest BCUT2D eigenvalue weighted by molar-refractivity contribution is 5.81. The Labute approximate surface area is 92.7 Å². The first-order chi connectivity index (χ1) is 7.48. The molecule has 0 saturated heterocycles. The van der Waals surface area contributed by atoms with E-state index in [4.69, 9.17) is 5.73 Å². The normalized spacial score (nSPS) is 11.5. The van der Waals surface area contributed by atoms with Crippen molar-refractivity contribution < 1.29 is 18.0 Å². The summed E-state index contributed by atoms with van der Waals surface area (Å²) in [6.07, 6.45) is -0.179. The van der Waals surface area contributed by atoms with Gasteiger partial charge in [0, 0.05) is 6.54 Å². The largest absolute Gasteiger partial charge is 0.472 e. The predicted molar refractivity (Wildman–Crippen MR) is 54.3 cm³/mol. The number of amides is 1. The van der Waals surface area contributed by atoms with Crippen LogP contribution in [-0.2, 0) is 4.79 Å². The first-order valence-corrected chi connectivity index (χ1v) is 5.28. The van der Waals surface area contributed by atoms with Crippen LogP contribution in [-0.4, -0.2) is 25.2 Å². The van der Waals surface area contributed by atoms with Crippen LogP contribution in [0.15, 0.2) is 0 Å². The topological polar surface area (TPSA) is 67.2 Å². The fourth-order valence-electron chi connectivity index (χ4n) is 1.10. The summed E-state index contributed by atoms with van der Waals surface area (Å²) < 4.78 is 35.1. The van der Waals surface area contributed by atoms with Crippen LogP contribution in [0.3, 0.4) is 0 Å². The van der Waals surface area contributed by atoms with Crippen molar-refractivity contribution in [1.29, 1.82) is 0 Å². The van der Waals surface area contributed by atoms with E-state index in [1.807, 2.05) is 0 Å². The van der Waals surface area contributed by atoms with Crippen molar-refractivity contribution in [3.05, 3.63) is 0 Å². The second kappa shape index (κ2) is 8.35. The molecule has 0 radical (unpaired) electrons. The van der Waals surface area contributed by atoms with Gasteiger partial charge in [-0.05, 0) is 19.4 Å². The molecule has 0 heterocycles. The molecule has 0 atom stereocenters. The maximum absolute atomic E-state index is 11.7. The highest BCUT2D eigenvalue weighted by Crippen LogP contribution is 2.13. The monoisotopic (exact) mass is 241 g/mol. The minimum Gasteiger partial charge on any atom is -0.330 e. The van der Waals surface area contributed by atoms with E-state index in [9.17, 15) is 18.0 Å². The van der Waals surface area contributed by atoms with Gasteiger partial charge in [-0.15, -0.1) is 0 Å². The minimum absolute atomic E-state index is 0.338. The molecule has 0 spiro atoms. The van der Waals surface area contributed by atoms with Crippen molar-refractivity contribution in [3.63, 3.8) is 0 Å². The Balaban J connectivity index is 3.25. The lowest BCUT2D eigenvalue weighted by Crippen LogP contribution is -2.45. The lowest BCUT2D eigenvalue weighted by Gasteiger charge is -2.08. The first kappa shape index (κ1) is 15.2. The second-order valence-electron chi connectivity index (χ2n) is 3.44. The van der Waals surface area contributed by atoms with Crippen molar-refractivity contribution >= 4 is 5.91 Å². The third kappa shape index (κ3) is 8.49. The van der Waals surface area contributed by atoms with Gasteiger partial charge in [0.25, 0.3) is 0 Å². The molecule has 4 nitrogen and oxygen atoms in total. The van der Waals surface area contributed by atoms with E-state index >= 15 is 0 Å². The van der Waals surface area contributed by atoms with Crippen LogP contribution in [0.4, 0.5) is 13.2 Å². The van der Waals surface area contributed by atoms with Crippen molar-refractivity contribution in [1.82, 2.24) is 10.9 Å². The number of unbranched alkanes of at least 4 members (excludes halogenated alkanes) is 4. The van der Waals surface area contributed by atoms with Crippen LogP contribution in [0.25, 0.3) is 0 Å². The number of carbonyl (C=O) groups excluding carboxylic acids is 1. The van der Waals surface area contributed by atoms with Crippen LogP contribution in [0.5, 0.6) is 0 Å². The summed E-state index contributed by atoms with van der Waals surface area (Å²) in [5, 5.41) is 0. The number of hydrogen-bond acceptors (Lipinski definition) is 3. The molecular weight excluding hydrogens is 223 g/mol. The van der Waals surface area contributed by atoms with E-state index in [2.05, 4.69) is 5.43 Å². The van der Waals surface area contributed by atoms with Gasteiger partial charge in [-0.1, -0.05) is 19.3 Å². The van der Waals surface area contributed by atoms with Gasteiger partial charge in [0.05, 0.1) is 0 Å². The smallest absolute Gasteiger partial charge is 0.330 e. The summed E-state index contributed by atoms with van der Waals surface area (Å²) in [7, 11) is 0. The molecule has 16 heavy (non-hydrogen) atoms. The minimum atomic E-state index is -4.83. The Hall–Kier alpha value is -0.820.